The Balaban J connectivity index is 1.52. The SMILES string of the molecule is CCCN(CC(=O)N1CCc2sccc2C1COc1ccc(Cl)cc1)C(=O)c1ccccc1C. The van der Waals surface area contributed by atoms with Crippen LogP contribution in [-0.2, 0) is 11.2 Å². The lowest BCUT2D eigenvalue weighted by molar-refractivity contribution is -0.135. The van der Waals surface area contributed by atoms with Crippen LogP contribution >= 0.6 is 22.9 Å². The maximum absolute atomic E-state index is 13.6. The highest BCUT2D eigenvalue weighted by atomic mass is 35.5. The molecule has 0 radical (unpaired) electrons. The second kappa shape index (κ2) is 11.1. The number of rotatable bonds is 8. The molecule has 178 valence electrons. The Morgan fingerprint density at radius 1 is 1.15 bits per heavy atom. The summed E-state index contributed by atoms with van der Waals surface area (Å²) >= 11 is 7.71. The standard InChI is InChI=1S/C27H29ClN2O3S/c1-3-14-29(27(32)22-7-5-4-6-19(22)2)17-26(31)30-15-12-25-23(13-16-34-25)24(30)18-33-21-10-8-20(28)9-11-21/h4-11,13,16,24H,3,12,14-15,17-18H2,1-2H3. The van der Waals surface area contributed by atoms with Crippen molar-refractivity contribution in [3.8, 4) is 5.75 Å². The summed E-state index contributed by atoms with van der Waals surface area (Å²) in [4.78, 5) is 31.7. The van der Waals surface area contributed by atoms with Gasteiger partial charge in [0.1, 0.15) is 18.9 Å². The van der Waals surface area contributed by atoms with Gasteiger partial charge in [0.05, 0.1) is 6.04 Å². The second-order valence-corrected chi connectivity index (χ2v) is 9.90. The molecule has 4 rings (SSSR count). The first-order valence-electron chi connectivity index (χ1n) is 11.6. The highest BCUT2D eigenvalue weighted by Crippen LogP contribution is 2.34. The van der Waals surface area contributed by atoms with Crippen molar-refractivity contribution in [3.63, 3.8) is 0 Å². The largest absolute Gasteiger partial charge is 0.491 e. The number of carbonyl (C=O) groups excluding carboxylic acids is 2. The normalized spacial score (nSPS) is 15.0. The molecule has 0 fully saturated rings. The van der Waals surface area contributed by atoms with Crippen LogP contribution in [0, 0.1) is 6.92 Å². The first-order valence-corrected chi connectivity index (χ1v) is 12.8. The molecule has 1 aliphatic heterocycles. The molecule has 34 heavy (non-hydrogen) atoms. The van der Waals surface area contributed by atoms with Crippen molar-refractivity contribution >= 4 is 34.8 Å². The van der Waals surface area contributed by atoms with Gasteiger partial charge in [0, 0.05) is 28.6 Å². The number of halogens is 1. The number of hydrogen-bond acceptors (Lipinski definition) is 4. The maximum atomic E-state index is 13.6. The molecule has 0 saturated heterocycles. The van der Waals surface area contributed by atoms with Crippen LogP contribution in [0.3, 0.4) is 0 Å². The van der Waals surface area contributed by atoms with E-state index >= 15 is 0 Å². The number of aryl methyl sites for hydroxylation is 1. The molecule has 1 aromatic heterocycles. The fraction of sp³-hybridized carbons (Fsp3) is 0.333. The third-order valence-corrected chi connectivity index (χ3v) is 7.37. The van der Waals surface area contributed by atoms with Crippen LogP contribution in [0.1, 0.15) is 45.7 Å². The Bertz CT molecular complexity index is 1140. The maximum Gasteiger partial charge on any atom is 0.254 e. The minimum absolute atomic E-state index is 0.0535. The number of benzene rings is 2. The van der Waals surface area contributed by atoms with E-state index in [2.05, 4.69) is 11.4 Å². The predicted molar refractivity (Wildman–Crippen MR) is 137 cm³/mol. The minimum atomic E-state index is -0.199. The third kappa shape index (κ3) is 5.45. The second-order valence-electron chi connectivity index (χ2n) is 8.46. The average Bonchev–Trinajstić information content (AvgIpc) is 3.32. The molecule has 1 aliphatic rings. The lowest BCUT2D eigenvalue weighted by atomic mass is 10.00. The monoisotopic (exact) mass is 496 g/mol. The van der Waals surface area contributed by atoms with Crippen LogP contribution in [0.5, 0.6) is 5.75 Å². The molecule has 0 N–H and O–H groups in total. The van der Waals surface area contributed by atoms with Crippen LogP contribution in [0.25, 0.3) is 0 Å². The minimum Gasteiger partial charge on any atom is -0.491 e. The van der Waals surface area contributed by atoms with Crippen molar-refractivity contribution < 1.29 is 14.3 Å². The van der Waals surface area contributed by atoms with Gasteiger partial charge in [-0.25, -0.2) is 0 Å². The van der Waals surface area contributed by atoms with E-state index in [9.17, 15) is 9.59 Å². The van der Waals surface area contributed by atoms with E-state index < -0.39 is 0 Å². The van der Waals surface area contributed by atoms with Crippen molar-refractivity contribution in [3.05, 3.63) is 86.6 Å². The fourth-order valence-corrected chi connectivity index (χ4v) is 5.39. The molecule has 1 unspecified atom stereocenters. The van der Waals surface area contributed by atoms with Gasteiger partial charge in [-0.1, -0.05) is 36.7 Å². The Labute approximate surface area is 209 Å². The number of amides is 2. The van der Waals surface area contributed by atoms with Gasteiger partial charge >= 0.3 is 0 Å². The zero-order valence-corrected chi connectivity index (χ0v) is 21.1. The fourth-order valence-electron chi connectivity index (χ4n) is 4.34. The molecule has 5 nitrogen and oxygen atoms in total. The van der Waals surface area contributed by atoms with Gasteiger partial charge in [-0.15, -0.1) is 11.3 Å². The number of ether oxygens (including phenoxy) is 1. The highest BCUT2D eigenvalue weighted by molar-refractivity contribution is 7.10. The van der Waals surface area contributed by atoms with Crippen molar-refractivity contribution in [2.45, 2.75) is 32.7 Å². The topological polar surface area (TPSA) is 49.9 Å². The molecule has 2 heterocycles. The van der Waals surface area contributed by atoms with Crippen LogP contribution in [-0.4, -0.2) is 47.9 Å². The Kier molecular flexibility index (Phi) is 7.91. The third-order valence-electron chi connectivity index (χ3n) is 6.12. The smallest absolute Gasteiger partial charge is 0.254 e. The quantitative estimate of drug-likeness (QED) is 0.398. The lowest BCUT2D eigenvalue weighted by Crippen LogP contribution is -2.48. The van der Waals surface area contributed by atoms with Gasteiger partial charge in [-0.3, -0.25) is 9.59 Å². The molecule has 2 amide bonds. The van der Waals surface area contributed by atoms with Crippen LogP contribution in [0.15, 0.2) is 60.0 Å². The van der Waals surface area contributed by atoms with E-state index in [0.717, 1.165) is 24.0 Å². The lowest BCUT2D eigenvalue weighted by Gasteiger charge is -2.37. The van der Waals surface area contributed by atoms with Gasteiger partial charge in [-0.2, -0.15) is 0 Å². The van der Waals surface area contributed by atoms with Crippen molar-refractivity contribution in [1.82, 2.24) is 9.80 Å². The van der Waals surface area contributed by atoms with E-state index in [4.69, 9.17) is 16.3 Å². The summed E-state index contributed by atoms with van der Waals surface area (Å²) in [5, 5.41) is 2.72. The molecule has 0 spiro atoms. The molecule has 0 saturated carbocycles. The van der Waals surface area contributed by atoms with E-state index in [-0.39, 0.29) is 24.4 Å². The summed E-state index contributed by atoms with van der Waals surface area (Å²) in [7, 11) is 0. The molecule has 2 aromatic carbocycles. The number of nitrogens with zero attached hydrogens (tertiary/aromatic N) is 2. The summed E-state index contributed by atoms with van der Waals surface area (Å²) in [5.41, 5.74) is 2.69. The van der Waals surface area contributed by atoms with Gasteiger partial charge in [0.2, 0.25) is 5.91 Å². The Hall–Kier alpha value is -2.83. The molecular formula is C27H29ClN2O3S. The molecule has 1 atom stereocenters. The summed E-state index contributed by atoms with van der Waals surface area (Å²) in [5.74, 6) is 0.550. The molecule has 0 bridgehead atoms. The van der Waals surface area contributed by atoms with Gasteiger partial charge in [0.15, 0.2) is 0 Å². The Morgan fingerprint density at radius 2 is 1.91 bits per heavy atom. The number of thiophene rings is 1. The van der Waals surface area contributed by atoms with Crippen LogP contribution in [0.4, 0.5) is 0 Å². The zero-order valence-electron chi connectivity index (χ0n) is 19.5. The van der Waals surface area contributed by atoms with Gasteiger partial charge in [0.25, 0.3) is 5.91 Å². The number of hydrogen-bond donors (Lipinski definition) is 0. The first-order chi connectivity index (χ1) is 16.5. The van der Waals surface area contributed by atoms with E-state index in [0.29, 0.717) is 36.0 Å². The first kappa shape index (κ1) is 24.3. The Morgan fingerprint density at radius 3 is 2.65 bits per heavy atom. The summed E-state index contributed by atoms with van der Waals surface area (Å²) < 4.78 is 6.06. The highest BCUT2D eigenvalue weighted by Gasteiger charge is 2.33. The number of fused-ring (bicyclic) bond motifs is 1. The van der Waals surface area contributed by atoms with E-state index in [1.54, 1.807) is 28.4 Å². The van der Waals surface area contributed by atoms with Gasteiger partial charge < -0.3 is 14.5 Å². The van der Waals surface area contributed by atoms with Crippen molar-refractivity contribution in [2.24, 2.45) is 0 Å². The van der Waals surface area contributed by atoms with Gasteiger partial charge in [-0.05, 0) is 72.7 Å². The summed E-state index contributed by atoms with van der Waals surface area (Å²) in [6.07, 6.45) is 1.60. The van der Waals surface area contributed by atoms with Crippen molar-refractivity contribution in [1.29, 1.82) is 0 Å². The van der Waals surface area contributed by atoms with E-state index in [1.807, 2.05) is 55.1 Å². The molecular weight excluding hydrogens is 468 g/mol. The van der Waals surface area contributed by atoms with Crippen LogP contribution in [0.2, 0.25) is 5.02 Å². The predicted octanol–water partition coefficient (Wildman–Crippen LogP) is 5.77. The summed E-state index contributed by atoms with van der Waals surface area (Å²) in [6, 6.07) is 16.6. The van der Waals surface area contributed by atoms with E-state index in [1.165, 1.54) is 4.88 Å². The molecule has 3 aromatic rings. The van der Waals surface area contributed by atoms with Crippen molar-refractivity contribution in [2.75, 3.05) is 26.2 Å². The summed E-state index contributed by atoms with van der Waals surface area (Å²) in [6.45, 7) is 5.48. The molecule has 7 heteroatoms. The zero-order chi connectivity index (χ0) is 24.1. The average molecular weight is 497 g/mol. The van der Waals surface area contributed by atoms with Crippen LogP contribution < -0.4 is 4.74 Å². The number of carbonyl (C=O) groups is 2. The molecule has 0 aliphatic carbocycles.